The molecule has 0 atom stereocenters. The fourth-order valence-corrected chi connectivity index (χ4v) is 8.83. The summed E-state index contributed by atoms with van der Waals surface area (Å²) in [6, 6.07) is 22.0. The molecule has 1 aliphatic carbocycles. The normalized spacial score (nSPS) is 11.5. The summed E-state index contributed by atoms with van der Waals surface area (Å²) in [6.07, 6.45) is 4.39. The Balaban J connectivity index is 0.975. The zero-order valence-corrected chi connectivity index (χ0v) is 38.0. The van der Waals surface area contributed by atoms with Crippen molar-refractivity contribution in [2.45, 2.75) is 13.3 Å². The zero-order valence-electron chi connectivity index (χ0n) is 37.2. The van der Waals surface area contributed by atoms with Crippen LogP contribution in [-0.2, 0) is 14.8 Å². The molecule has 0 unspecified atom stereocenters. The third kappa shape index (κ3) is 9.23. The smallest absolute Gasteiger partial charge is 0.336 e. The molecular weight excluding hydrogens is 899 g/mol. The summed E-state index contributed by atoms with van der Waals surface area (Å²) in [7, 11) is 3.67. The monoisotopic (exact) mass is 941 g/mol. The molecule has 1 aliphatic heterocycles. The van der Waals surface area contributed by atoms with Crippen LogP contribution in [0.4, 0.5) is 26.0 Å². The van der Waals surface area contributed by atoms with Crippen LogP contribution in [0, 0.1) is 11.6 Å². The number of H-pyrrole nitrogens is 1. The molecule has 3 aromatic carbocycles. The van der Waals surface area contributed by atoms with E-state index in [2.05, 4.69) is 30.3 Å². The van der Waals surface area contributed by atoms with Gasteiger partial charge in [-0.1, -0.05) is 13.0 Å². The van der Waals surface area contributed by atoms with E-state index in [0.29, 0.717) is 44.5 Å². The Hall–Kier alpha value is -8.32. The first kappa shape index (κ1) is 46.2. The molecule has 0 fully saturated rings. The van der Waals surface area contributed by atoms with E-state index < -0.39 is 63.0 Å². The lowest BCUT2D eigenvalue weighted by molar-refractivity contribution is -0.115. The topological polar surface area (TPSA) is 220 Å². The number of hydrogen-bond donors (Lipinski definition) is 5. The number of rotatable bonds is 14. The van der Waals surface area contributed by atoms with Crippen molar-refractivity contribution in [2.24, 2.45) is 0 Å². The summed E-state index contributed by atoms with van der Waals surface area (Å²) in [5.41, 5.74) is 2.50. The van der Waals surface area contributed by atoms with Gasteiger partial charge in [0.1, 0.15) is 42.7 Å². The van der Waals surface area contributed by atoms with E-state index in [-0.39, 0.29) is 45.7 Å². The molecule has 346 valence electrons. The molecule has 0 spiro atoms. The van der Waals surface area contributed by atoms with Crippen LogP contribution in [0.3, 0.4) is 0 Å². The highest BCUT2D eigenvalue weighted by Crippen LogP contribution is 2.42. The SMILES string of the molecule is CCCS(=O)(=O)Nc1ccc(F)c(C(=O)c2c[nH]c3ncc(-c4ccc(NC(=O)CNC(=O)c5ccc(-c6c7ccc(=[N+](C)C)cc-7oc7cc(N(C)C)ccc67)c(C(=O)O)c5)nc4)cc23)c1F. The maximum Gasteiger partial charge on any atom is 0.336 e. The fraction of sp³-hybridized carbons (Fsp3) is 0.163. The molecule has 2 amide bonds. The van der Waals surface area contributed by atoms with E-state index in [0.717, 1.165) is 23.2 Å². The lowest BCUT2D eigenvalue weighted by Gasteiger charge is -2.19. The molecule has 8 rings (SSSR count). The van der Waals surface area contributed by atoms with Crippen LogP contribution in [0.25, 0.3) is 55.6 Å². The summed E-state index contributed by atoms with van der Waals surface area (Å²) in [4.78, 5) is 66.2. The minimum absolute atomic E-state index is 0.0111. The van der Waals surface area contributed by atoms with Gasteiger partial charge in [0.25, 0.3) is 5.91 Å². The number of amides is 2. The Labute approximate surface area is 387 Å². The van der Waals surface area contributed by atoms with Gasteiger partial charge < -0.3 is 30.0 Å². The zero-order chi connectivity index (χ0) is 48.6. The number of aromatic amines is 1. The van der Waals surface area contributed by atoms with E-state index >= 15 is 4.39 Å². The highest BCUT2D eigenvalue weighted by Gasteiger charge is 2.27. The molecule has 6 aromatic rings. The summed E-state index contributed by atoms with van der Waals surface area (Å²) in [5.74, 6) is -5.82. The van der Waals surface area contributed by atoms with E-state index in [1.807, 2.05) is 74.1 Å². The number of pyridine rings is 2. The molecule has 16 nitrogen and oxygen atoms in total. The van der Waals surface area contributed by atoms with Crippen molar-refractivity contribution >= 4 is 72.8 Å². The van der Waals surface area contributed by atoms with Crippen molar-refractivity contribution in [3.05, 3.63) is 143 Å². The van der Waals surface area contributed by atoms with E-state index in [1.165, 1.54) is 36.8 Å². The summed E-state index contributed by atoms with van der Waals surface area (Å²) in [6.45, 7) is 1.14. The van der Waals surface area contributed by atoms with Crippen LogP contribution in [0.5, 0.6) is 0 Å². The van der Waals surface area contributed by atoms with Gasteiger partial charge >= 0.3 is 5.97 Å². The van der Waals surface area contributed by atoms with Gasteiger partial charge in [-0.05, 0) is 72.6 Å². The van der Waals surface area contributed by atoms with Crippen LogP contribution in [0.1, 0.15) is 50.0 Å². The number of fused-ring (bicyclic) bond motifs is 3. The molecule has 0 saturated carbocycles. The molecule has 0 saturated heterocycles. The molecule has 19 heteroatoms. The van der Waals surface area contributed by atoms with Crippen molar-refractivity contribution in [2.75, 3.05) is 55.4 Å². The van der Waals surface area contributed by atoms with Crippen LogP contribution in [0.2, 0.25) is 0 Å². The number of nitrogens with one attached hydrogen (secondary N) is 4. The summed E-state index contributed by atoms with van der Waals surface area (Å²) < 4.78 is 65.5. The van der Waals surface area contributed by atoms with Crippen molar-refractivity contribution in [1.29, 1.82) is 0 Å². The Kier molecular flexibility index (Phi) is 12.6. The lowest BCUT2D eigenvalue weighted by Crippen LogP contribution is -2.33. The number of hydrogen-bond acceptors (Lipinski definition) is 10. The first-order valence-corrected chi connectivity index (χ1v) is 22.7. The number of ketones is 1. The van der Waals surface area contributed by atoms with Crippen LogP contribution in [-0.4, -0.2) is 92.5 Å². The van der Waals surface area contributed by atoms with Gasteiger partial charge in [0.2, 0.25) is 27.1 Å². The molecule has 5 N–H and O–H groups in total. The molecule has 68 heavy (non-hydrogen) atoms. The number of carbonyl (C=O) groups is 4. The minimum Gasteiger partial charge on any atom is -0.478 e. The fourth-order valence-electron chi connectivity index (χ4n) is 7.69. The number of carboxylic acid groups (broad SMARTS) is 1. The number of nitrogens with zero attached hydrogens (tertiary/aromatic N) is 4. The van der Waals surface area contributed by atoms with E-state index in [4.69, 9.17) is 4.42 Å². The largest absolute Gasteiger partial charge is 0.478 e. The standard InChI is InChI=1S/C49H42F2N8O8S/c1-6-17-68(65,66)57-38-15-14-37(50)44(45(38)51)46(61)36-24-54-47-34(36)19-28(23-53-47)27-8-16-41(52-22-27)56-42(60)25-55-48(62)26-7-11-31(35(18-26)49(63)64)43-32-12-9-29(58(2)3)20-39(32)67-40-21-30(59(4)5)10-13-33(40)43/h7-16,18-24,55,57H,6,17,25H2,1-5H3,(H2,62,63,64)/p+1. The molecule has 3 aromatic heterocycles. The average Bonchev–Trinajstić information content (AvgIpc) is 3.74. The highest BCUT2D eigenvalue weighted by molar-refractivity contribution is 7.92. The predicted molar refractivity (Wildman–Crippen MR) is 254 cm³/mol. The van der Waals surface area contributed by atoms with Gasteiger partial charge in [0, 0.05) is 94.7 Å². The molecule has 0 bridgehead atoms. The van der Waals surface area contributed by atoms with Crippen molar-refractivity contribution < 1.29 is 45.9 Å². The Morgan fingerprint density at radius 3 is 2.32 bits per heavy atom. The number of aromatic nitrogens is 3. The van der Waals surface area contributed by atoms with Crippen LogP contribution < -0.4 is 30.2 Å². The quantitative estimate of drug-likeness (QED) is 0.0426. The highest BCUT2D eigenvalue weighted by atomic mass is 32.2. The average molecular weight is 942 g/mol. The maximum absolute atomic E-state index is 15.5. The van der Waals surface area contributed by atoms with Crippen molar-refractivity contribution in [3.8, 4) is 33.6 Å². The molecule has 2 aliphatic rings. The van der Waals surface area contributed by atoms with Gasteiger partial charge in [-0.2, -0.15) is 0 Å². The second-order valence-corrected chi connectivity index (χ2v) is 18.1. The number of carbonyl (C=O) groups excluding carboxylic acids is 3. The number of benzene rings is 4. The van der Waals surface area contributed by atoms with Crippen molar-refractivity contribution in [1.82, 2.24) is 24.8 Å². The predicted octanol–water partition coefficient (Wildman–Crippen LogP) is 6.97. The number of halogens is 2. The first-order valence-electron chi connectivity index (χ1n) is 21.0. The molecule has 0 radical (unpaired) electrons. The maximum atomic E-state index is 15.5. The summed E-state index contributed by atoms with van der Waals surface area (Å²) in [5, 5.41) is 17.4. The van der Waals surface area contributed by atoms with E-state index in [1.54, 1.807) is 25.1 Å². The van der Waals surface area contributed by atoms with Crippen LogP contribution >= 0.6 is 0 Å². The second kappa shape index (κ2) is 18.5. The summed E-state index contributed by atoms with van der Waals surface area (Å²) >= 11 is 0. The number of anilines is 3. The number of sulfonamides is 1. The van der Waals surface area contributed by atoms with Crippen LogP contribution in [0.15, 0.2) is 108 Å². The molecular formula is C49H43F2N8O8S+. The number of carboxylic acids is 1. The van der Waals surface area contributed by atoms with Gasteiger partial charge in [-0.25, -0.2) is 36.5 Å². The Bertz CT molecular complexity index is 3510. The van der Waals surface area contributed by atoms with Gasteiger partial charge in [-0.15, -0.1) is 0 Å². The second-order valence-electron chi connectivity index (χ2n) is 16.2. The Morgan fingerprint density at radius 2 is 1.62 bits per heavy atom. The lowest BCUT2D eigenvalue weighted by atomic mass is 9.89. The van der Waals surface area contributed by atoms with Crippen molar-refractivity contribution in [3.63, 3.8) is 0 Å². The third-order valence-electron chi connectivity index (χ3n) is 11.1. The minimum atomic E-state index is -3.95. The van der Waals surface area contributed by atoms with Gasteiger partial charge in [0.05, 0.1) is 35.2 Å². The number of aromatic carboxylic acids is 1. The Morgan fingerprint density at radius 1 is 0.853 bits per heavy atom. The first-order chi connectivity index (χ1) is 32.4. The van der Waals surface area contributed by atoms with Gasteiger partial charge in [-0.3, -0.25) is 19.1 Å². The third-order valence-corrected chi connectivity index (χ3v) is 12.6. The van der Waals surface area contributed by atoms with E-state index in [9.17, 15) is 37.1 Å². The van der Waals surface area contributed by atoms with Gasteiger partial charge in [0.15, 0.2) is 5.82 Å². The molecule has 4 heterocycles.